The lowest BCUT2D eigenvalue weighted by Crippen LogP contribution is -2.30. The molecular weight excluding hydrogens is 361 g/mol. The van der Waals surface area contributed by atoms with E-state index in [1.807, 2.05) is 30.3 Å². The van der Waals surface area contributed by atoms with Gasteiger partial charge in [0.2, 0.25) is 0 Å². The van der Waals surface area contributed by atoms with Crippen molar-refractivity contribution in [1.82, 2.24) is 5.43 Å². The van der Waals surface area contributed by atoms with Crippen molar-refractivity contribution in [3.8, 4) is 0 Å². The van der Waals surface area contributed by atoms with Crippen LogP contribution in [-0.4, -0.2) is 0 Å². The number of nitrogen functional groups attached to an aromatic ring is 1. The molecule has 0 aromatic heterocycles. The summed E-state index contributed by atoms with van der Waals surface area (Å²) in [5.74, 6) is 5.66. The topological polar surface area (TPSA) is 64.1 Å². The highest BCUT2D eigenvalue weighted by Gasteiger charge is 2.14. The van der Waals surface area contributed by atoms with Crippen LogP contribution in [0.25, 0.3) is 0 Å². The van der Waals surface area contributed by atoms with Crippen LogP contribution in [-0.2, 0) is 6.42 Å². The van der Waals surface area contributed by atoms with Gasteiger partial charge < -0.3 is 5.73 Å². The summed E-state index contributed by atoms with van der Waals surface area (Å²) in [4.78, 5) is 0. The summed E-state index contributed by atoms with van der Waals surface area (Å²) in [7, 11) is 0. The third-order valence-corrected chi connectivity index (χ3v) is 4.28. The van der Waals surface area contributed by atoms with Gasteiger partial charge in [0.15, 0.2) is 0 Å². The molecule has 3 nitrogen and oxygen atoms in total. The van der Waals surface area contributed by atoms with Crippen LogP contribution in [0.3, 0.4) is 0 Å². The Morgan fingerprint density at radius 3 is 2.50 bits per heavy atom. The number of benzene rings is 2. The Morgan fingerprint density at radius 2 is 1.85 bits per heavy atom. The third-order valence-electron chi connectivity index (χ3n) is 3.05. The standard InChI is InChI=1S/C14H14BrCl2N3/c15-9-2-4-13(18)10(7-9)14(20-19)6-8-1-3-11(16)12(17)5-8/h1-5,7,14,20H,6,18-19H2. The molecule has 0 amide bonds. The zero-order chi connectivity index (χ0) is 14.7. The second kappa shape index (κ2) is 6.78. The van der Waals surface area contributed by atoms with Crippen LogP contribution >= 0.6 is 39.1 Å². The van der Waals surface area contributed by atoms with Crippen LogP contribution in [0, 0.1) is 0 Å². The maximum Gasteiger partial charge on any atom is 0.0595 e. The minimum absolute atomic E-state index is 0.107. The first-order valence-electron chi connectivity index (χ1n) is 5.96. The minimum Gasteiger partial charge on any atom is -0.398 e. The molecule has 0 aliphatic heterocycles. The third kappa shape index (κ3) is 3.65. The van der Waals surface area contributed by atoms with Crippen LogP contribution in [0.15, 0.2) is 40.9 Å². The van der Waals surface area contributed by atoms with Crippen molar-refractivity contribution in [2.75, 3.05) is 5.73 Å². The molecule has 5 N–H and O–H groups in total. The summed E-state index contributed by atoms with van der Waals surface area (Å²) < 4.78 is 0.955. The molecule has 0 bridgehead atoms. The average molecular weight is 375 g/mol. The minimum atomic E-state index is -0.107. The Balaban J connectivity index is 2.28. The molecule has 2 aromatic carbocycles. The summed E-state index contributed by atoms with van der Waals surface area (Å²) in [6, 6.07) is 11.1. The summed E-state index contributed by atoms with van der Waals surface area (Å²) in [5.41, 5.74) is 11.5. The van der Waals surface area contributed by atoms with Gasteiger partial charge in [-0.15, -0.1) is 0 Å². The van der Waals surface area contributed by atoms with E-state index in [2.05, 4.69) is 21.4 Å². The van der Waals surface area contributed by atoms with Crippen LogP contribution in [0.2, 0.25) is 10.0 Å². The van der Waals surface area contributed by atoms with Gasteiger partial charge in [0.05, 0.1) is 16.1 Å². The van der Waals surface area contributed by atoms with Gasteiger partial charge in [-0.05, 0) is 47.9 Å². The van der Waals surface area contributed by atoms with Gasteiger partial charge in [0.1, 0.15) is 0 Å². The molecule has 1 unspecified atom stereocenters. The van der Waals surface area contributed by atoms with Crippen molar-refractivity contribution in [3.63, 3.8) is 0 Å². The molecule has 0 saturated heterocycles. The van der Waals surface area contributed by atoms with E-state index in [1.54, 1.807) is 6.07 Å². The highest BCUT2D eigenvalue weighted by molar-refractivity contribution is 9.10. The van der Waals surface area contributed by atoms with E-state index < -0.39 is 0 Å². The Labute approximate surface area is 136 Å². The predicted molar refractivity (Wildman–Crippen MR) is 88.8 cm³/mol. The molecule has 0 heterocycles. The van der Waals surface area contributed by atoms with Gasteiger partial charge >= 0.3 is 0 Å². The normalized spacial score (nSPS) is 12.4. The fraction of sp³-hybridized carbons (Fsp3) is 0.143. The molecule has 6 heteroatoms. The van der Waals surface area contributed by atoms with E-state index in [1.165, 1.54) is 0 Å². The largest absolute Gasteiger partial charge is 0.398 e. The summed E-state index contributed by atoms with van der Waals surface area (Å²) in [6.45, 7) is 0. The molecule has 20 heavy (non-hydrogen) atoms. The molecule has 0 radical (unpaired) electrons. The quantitative estimate of drug-likeness (QED) is 0.429. The van der Waals surface area contributed by atoms with E-state index in [4.69, 9.17) is 34.8 Å². The monoisotopic (exact) mass is 373 g/mol. The highest BCUT2D eigenvalue weighted by Crippen LogP contribution is 2.29. The Kier molecular flexibility index (Phi) is 5.29. The Morgan fingerprint density at radius 1 is 1.10 bits per heavy atom. The highest BCUT2D eigenvalue weighted by atomic mass is 79.9. The fourth-order valence-corrected chi connectivity index (χ4v) is 2.71. The van der Waals surface area contributed by atoms with Gasteiger partial charge in [-0.1, -0.05) is 45.2 Å². The zero-order valence-electron chi connectivity index (χ0n) is 10.5. The van der Waals surface area contributed by atoms with E-state index in [0.717, 1.165) is 15.6 Å². The fourth-order valence-electron chi connectivity index (χ4n) is 2.01. The maximum atomic E-state index is 6.03. The van der Waals surface area contributed by atoms with E-state index >= 15 is 0 Å². The number of nitrogens with two attached hydrogens (primary N) is 2. The summed E-state index contributed by atoms with van der Waals surface area (Å²) >= 11 is 15.4. The van der Waals surface area contributed by atoms with E-state index in [9.17, 15) is 0 Å². The molecule has 0 spiro atoms. The lowest BCUT2D eigenvalue weighted by atomic mass is 9.98. The van der Waals surface area contributed by atoms with Crippen LogP contribution in [0.5, 0.6) is 0 Å². The summed E-state index contributed by atoms with van der Waals surface area (Å²) in [6.07, 6.45) is 0.661. The number of hydrazine groups is 1. The van der Waals surface area contributed by atoms with Crippen molar-refractivity contribution in [3.05, 3.63) is 62.0 Å². The molecule has 1 atom stereocenters. The van der Waals surface area contributed by atoms with Gasteiger partial charge in [-0.3, -0.25) is 11.3 Å². The van der Waals surface area contributed by atoms with Crippen molar-refractivity contribution >= 4 is 44.8 Å². The second-order valence-corrected chi connectivity index (χ2v) is 6.18. The number of hydrogen-bond acceptors (Lipinski definition) is 3. The molecule has 0 aliphatic carbocycles. The maximum absolute atomic E-state index is 6.03. The van der Waals surface area contributed by atoms with Crippen molar-refractivity contribution < 1.29 is 0 Å². The Hall–Kier alpha value is -0.780. The molecule has 0 saturated carbocycles. The van der Waals surface area contributed by atoms with Gasteiger partial charge in [0, 0.05) is 10.2 Å². The molecule has 0 fully saturated rings. The smallest absolute Gasteiger partial charge is 0.0595 e. The SMILES string of the molecule is NNC(Cc1ccc(Cl)c(Cl)c1)c1cc(Br)ccc1N. The lowest BCUT2D eigenvalue weighted by molar-refractivity contribution is 0.553. The van der Waals surface area contributed by atoms with Crippen molar-refractivity contribution in [2.45, 2.75) is 12.5 Å². The number of halogens is 3. The summed E-state index contributed by atoms with van der Waals surface area (Å²) in [5, 5.41) is 1.07. The first-order chi connectivity index (χ1) is 9.51. The second-order valence-electron chi connectivity index (χ2n) is 4.45. The molecular formula is C14H14BrCl2N3. The Bertz CT molecular complexity index is 619. The van der Waals surface area contributed by atoms with Gasteiger partial charge in [0.25, 0.3) is 0 Å². The van der Waals surface area contributed by atoms with Crippen molar-refractivity contribution in [1.29, 1.82) is 0 Å². The first kappa shape index (κ1) is 15.6. The molecule has 106 valence electrons. The van der Waals surface area contributed by atoms with Crippen LogP contribution < -0.4 is 17.0 Å². The first-order valence-corrected chi connectivity index (χ1v) is 7.51. The molecule has 2 rings (SSSR count). The van der Waals surface area contributed by atoms with Gasteiger partial charge in [-0.25, -0.2) is 0 Å². The molecule has 0 aliphatic rings. The molecule has 2 aromatic rings. The van der Waals surface area contributed by atoms with Crippen molar-refractivity contribution in [2.24, 2.45) is 5.84 Å². The van der Waals surface area contributed by atoms with E-state index in [0.29, 0.717) is 22.2 Å². The van der Waals surface area contributed by atoms with Crippen LogP contribution in [0.4, 0.5) is 5.69 Å². The van der Waals surface area contributed by atoms with Crippen LogP contribution in [0.1, 0.15) is 17.2 Å². The number of rotatable bonds is 4. The zero-order valence-corrected chi connectivity index (χ0v) is 13.6. The number of anilines is 1. The lowest BCUT2D eigenvalue weighted by Gasteiger charge is -2.19. The average Bonchev–Trinajstić information content (AvgIpc) is 2.43. The predicted octanol–water partition coefficient (Wildman–Crippen LogP) is 4.09. The van der Waals surface area contributed by atoms with E-state index in [-0.39, 0.29) is 6.04 Å². The number of hydrogen-bond donors (Lipinski definition) is 3. The van der Waals surface area contributed by atoms with Gasteiger partial charge in [-0.2, -0.15) is 0 Å². The number of nitrogens with one attached hydrogen (secondary N) is 1.